The molecule has 0 bridgehead atoms. The number of amides is 1. The van der Waals surface area contributed by atoms with Crippen molar-refractivity contribution < 1.29 is 13.2 Å². The lowest BCUT2D eigenvalue weighted by Crippen LogP contribution is -2.45. The molecule has 1 amide bonds. The number of hydrogen-bond donors (Lipinski definition) is 2. The molecule has 5 nitrogen and oxygen atoms in total. The van der Waals surface area contributed by atoms with Gasteiger partial charge in [-0.1, -0.05) is 0 Å². The molecule has 1 aliphatic carbocycles. The molecule has 0 radical (unpaired) electrons. The summed E-state index contributed by atoms with van der Waals surface area (Å²) in [7, 11) is -3.44. The molecule has 0 atom stereocenters. The van der Waals surface area contributed by atoms with Crippen LogP contribution in [0.1, 0.15) is 19.8 Å². The molecule has 1 aliphatic rings. The van der Waals surface area contributed by atoms with Gasteiger partial charge in [0.1, 0.15) is 0 Å². The van der Waals surface area contributed by atoms with Crippen molar-refractivity contribution in [1.29, 1.82) is 0 Å². The maximum absolute atomic E-state index is 11.1. The van der Waals surface area contributed by atoms with Crippen molar-refractivity contribution in [3.05, 3.63) is 0 Å². The van der Waals surface area contributed by atoms with Gasteiger partial charge in [-0.2, -0.15) is 0 Å². The SMILES string of the molecule is CCS(=O)(=O)NC(=O)C1(N)CC1. The Labute approximate surface area is 71.4 Å². The van der Waals surface area contributed by atoms with E-state index in [0.717, 1.165) is 0 Å². The fourth-order valence-corrected chi connectivity index (χ4v) is 1.31. The minimum Gasteiger partial charge on any atom is -0.317 e. The molecule has 3 N–H and O–H groups in total. The lowest BCUT2D eigenvalue weighted by molar-refractivity contribution is -0.121. The summed E-state index contributed by atoms with van der Waals surface area (Å²) in [5.41, 5.74) is 4.56. The molecular weight excluding hydrogens is 180 g/mol. The van der Waals surface area contributed by atoms with E-state index in [4.69, 9.17) is 5.73 Å². The first-order valence-electron chi connectivity index (χ1n) is 3.73. The van der Waals surface area contributed by atoms with Crippen LogP contribution in [0.25, 0.3) is 0 Å². The summed E-state index contributed by atoms with van der Waals surface area (Å²) in [5, 5.41) is 0. The number of carbonyl (C=O) groups is 1. The molecule has 0 aliphatic heterocycles. The monoisotopic (exact) mass is 192 g/mol. The fourth-order valence-electron chi connectivity index (χ4n) is 0.677. The highest BCUT2D eigenvalue weighted by Gasteiger charge is 2.47. The molecule has 0 saturated heterocycles. The van der Waals surface area contributed by atoms with Crippen LogP contribution in [0.15, 0.2) is 0 Å². The van der Waals surface area contributed by atoms with Crippen LogP contribution in [0.2, 0.25) is 0 Å². The van der Waals surface area contributed by atoms with E-state index in [-0.39, 0.29) is 5.75 Å². The zero-order valence-electron chi connectivity index (χ0n) is 6.83. The van der Waals surface area contributed by atoms with E-state index in [0.29, 0.717) is 12.8 Å². The van der Waals surface area contributed by atoms with Crippen LogP contribution in [-0.4, -0.2) is 25.6 Å². The van der Waals surface area contributed by atoms with Gasteiger partial charge < -0.3 is 5.73 Å². The van der Waals surface area contributed by atoms with Gasteiger partial charge in [-0.15, -0.1) is 0 Å². The van der Waals surface area contributed by atoms with Gasteiger partial charge in [0.15, 0.2) is 0 Å². The number of rotatable bonds is 3. The van der Waals surface area contributed by atoms with E-state index >= 15 is 0 Å². The van der Waals surface area contributed by atoms with Crippen LogP contribution < -0.4 is 10.5 Å². The predicted molar refractivity (Wildman–Crippen MR) is 43.8 cm³/mol. The molecule has 0 spiro atoms. The number of hydrogen-bond acceptors (Lipinski definition) is 4. The molecule has 0 heterocycles. The number of nitrogens with two attached hydrogens (primary N) is 1. The summed E-state index contributed by atoms with van der Waals surface area (Å²) < 4.78 is 23.7. The van der Waals surface area contributed by atoms with E-state index in [2.05, 4.69) is 0 Å². The molecule has 0 aromatic carbocycles. The fraction of sp³-hybridized carbons (Fsp3) is 0.833. The van der Waals surface area contributed by atoms with Crippen molar-refractivity contribution in [1.82, 2.24) is 4.72 Å². The normalized spacial score (nSPS) is 20.2. The Morgan fingerprint density at radius 1 is 1.58 bits per heavy atom. The molecule has 0 unspecified atom stereocenters. The standard InChI is InChI=1S/C6H12N2O3S/c1-2-12(10,11)8-5(9)6(7)3-4-6/h2-4,7H2,1H3,(H,8,9). The molecule has 6 heteroatoms. The quantitative estimate of drug-likeness (QED) is 0.596. The van der Waals surface area contributed by atoms with Gasteiger partial charge in [0.2, 0.25) is 10.0 Å². The highest BCUT2D eigenvalue weighted by atomic mass is 32.2. The number of nitrogens with one attached hydrogen (secondary N) is 1. The van der Waals surface area contributed by atoms with Gasteiger partial charge in [-0.3, -0.25) is 9.52 Å². The summed E-state index contributed by atoms with van der Waals surface area (Å²) in [6, 6.07) is 0. The zero-order valence-corrected chi connectivity index (χ0v) is 7.65. The summed E-state index contributed by atoms with van der Waals surface area (Å²) in [5.74, 6) is -0.682. The van der Waals surface area contributed by atoms with Crippen molar-refractivity contribution >= 4 is 15.9 Å². The van der Waals surface area contributed by atoms with Crippen molar-refractivity contribution in [2.24, 2.45) is 5.73 Å². The Hall–Kier alpha value is -0.620. The summed E-state index contributed by atoms with van der Waals surface area (Å²) >= 11 is 0. The Bertz CT molecular complexity index is 292. The maximum Gasteiger partial charge on any atom is 0.253 e. The largest absolute Gasteiger partial charge is 0.317 e. The third kappa shape index (κ3) is 1.95. The van der Waals surface area contributed by atoms with Gasteiger partial charge in [-0.05, 0) is 19.8 Å². The van der Waals surface area contributed by atoms with Gasteiger partial charge in [0.05, 0.1) is 11.3 Å². The Balaban J connectivity index is 2.58. The first kappa shape index (κ1) is 9.47. The summed E-state index contributed by atoms with van der Waals surface area (Å²) in [4.78, 5) is 11.1. The second-order valence-corrected chi connectivity index (χ2v) is 5.00. The Morgan fingerprint density at radius 3 is 2.42 bits per heavy atom. The van der Waals surface area contributed by atoms with E-state index in [9.17, 15) is 13.2 Å². The van der Waals surface area contributed by atoms with Crippen molar-refractivity contribution in [2.45, 2.75) is 25.3 Å². The third-order valence-electron chi connectivity index (χ3n) is 1.87. The smallest absolute Gasteiger partial charge is 0.253 e. The van der Waals surface area contributed by atoms with E-state index in [1.165, 1.54) is 6.92 Å². The van der Waals surface area contributed by atoms with Crippen LogP contribution in [0.3, 0.4) is 0 Å². The van der Waals surface area contributed by atoms with Crippen molar-refractivity contribution in [2.75, 3.05) is 5.75 Å². The van der Waals surface area contributed by atoms with Crippen LogP contribution >= 0.6 is 0 Å². The van der Waals surface area contributed by atoms with Gasteiger partial charge in [0.25, 0.3) is 5.91 Å². The molecule has 0 aromatic heterocycles. The average molecular weight is 192 g/mol. The zero-order chi connectivity index (χ0) is 9.41. The van der Waals surface area contributed by atoms with Crippen LogP contribution in [-0.2, 0) is 14.8 Å². The second-order valence-electron chi connectivity index (χ2n) is 2.99. The topological polar surface area (TPSA) is 89.3 Å². The Morgan fingerprint density at radius 2 is 2.08 bits per heavy atom. The van der Waals surface area contributed by atoms with Gasteiger partial charge >= 0.3 is 0 Å². The molecule has 70 valence electrons. The van der Waals surface area contributed by atoms with E-state index < -0.39 is 21.5 Å². The number of carbonyl (C=O) groups excluding carboxylic acids is 1. The van der Waals surface area contributed by atoms with Gasteiger partial charge in [0, 0.05) is 0 Å². The summed E-state index contributed by atoms with van der Waals surface area (Å²) in [6.07, 6.45) is 1.14. The van der Waals surface area contributed by atoms with E-state index in [1.54, 1.807) is 0 Å². The van der Waals surface area contributed by atoms with Crippen LogP contribution in [0.5, 0.6) is 0 Å². The third-order valence-corrected chi connectivity index (χ3v) is 3.13. The number of sulfonamides is 1. The van der Waals surface area contributed by atoms with Crippen molar-refractivity contribution in [3.63, 3.8) is 0 Å². The lowest BCUT2D eigenvalue weighted by Gasteiger charge is -2.08. The van der Waals surface area contributed by atoms with Crippen LogP contribution in [0.4, 0.5) is 0 Å². The molecule has 12 heavy (non-hydrogen) atoms. The minimum absolute atomic E-state index is 0.102. The summed E-state index contributed by atoms with van der Waals surface area (Å²) in [6.45, 7) is 1.46. The lowest BCUT2D eigenvalue weighted by atomic mass is 10.3. The molecule has 1 rings (SSSR count). The first-order valence-corrected chi connectivity index (χ1v) is 5.39. The molecule has 1 fully saturated rings. The maximum atomic E-state index is 11.1. The molecule has 1 saturated carbocycles. The molecule has 0 aromatic rings. The second kappa shape index (κ2) is 2.70. The highest BCUT2D eigenvalue weighted by Crippen LogP contribution is 2.32. The van der Waals surface area contributed by atoms with E-state index in [1.807, 2.05) is 4.72 Å². The molecular formula is C6H12N2O3S. The predicted octanol–water partition coefficient (Wildman–Crippen LogP) is -1.06. The van der Waals surface area contributed by atoms with Gasteiger partial charge in [-0.25, -0.2) is 8.42 Å². The van der Waals surface area contributed by atoms with Crippen molar-refractivity contribution in [3.8, 4) is 0 Å². The first-order chi connectivity index (χ1) is 5.40. The Kier molecular flexibility index (Phi) is 2.13. The average Bonchev–Trinajstić information content (AvgIpc) is 2.69. The highest BCUT2D eigenvalue weighted by molar-refractivity contribution is 7.90. The van der Waals surface area contributed by atoms with Crippen LogP contribution in [0, 0.1) is 0 Å². The minimum atomic E-state index is -3.44.